The van der Waals surface area contributed by atoms with Crippen molar-refractivity contribution in [3.05, 3.63) is 42.0 Å². The number of rotatable bonds is 10. The second-order valence-corrected chi connectivity index (χ2v) is 11.6. The van der Waals surface area contributed by atoms with Crippen LogP contribution in [0.4, 0.5) is 30.2 Å². The molecule has 39 heavy (non-hydrogen) atoms. The summed E-state index contributed by atoms with van der Waals surface area (Å²) in [5.74, 6) is -2.75. The van der Waals surface area contributed by atoms with Gasteiger partial charge >= 0.3 is 0 Å². The largest absolute Gasteiger partial charge is 0.461 e. The van der Waals surface area contributed by atoms with Crippen molar-refractivity contribution in [1.29, 1.82) is 0 Å². The number of piperidine rings is 2. The van der Waals surface area contributed by atoms with E-state index in [-0.39, 0.29) is 44.2 Å². The van der Waals surface area contributed by atoms with Gasteiger partial charge in [-0.1, -0.05) is 0 Å². The number of amides is 1. The molecule has 5 rings (SSSR count). The van der Waals surface area contributed by atoms with Gasteiger partial charge in [-0.3, -0.25) is 9.52 Å². The molecule has 3 aliphatic rings. The molecule has 3 N–H and O–H groups in total. The number of aliphatic hydroxyl groups excluding tert-OH is 1. The summed E-state index contributed by atoms with van der Waals surface area (Å²) in [5.41, 5.74) is 2.84. The molecule has 0 unspecified atom stereocenters. The fraction of sp³-hybridized carbons (Fsp3) is 0.536. The third kappa shape index (κ3) is 6.75. The number of carbonyl (C=O) groups excluding carboxylic acids is 1. The van der Waals surface area contributed by atoms with Crippen LogP contribution >= 0.6 is 11.9 Å². The summed E-state index contributed by atoms with van der Waals surface area (Å²) in [5, 5.41) is 12.0. The molecule has 2 aromatic carbocycles. The van der Waals surface area contributed by atoms with Crippen molar-refractivity contribution in [2.75, 3.05) is 61.3 Å². The van der Waals surface area contributed by atoms with Crippen LogP contribution in [-0.4, -0.2) is 63.1 Å². The van der Waals surface area contributed by atoms with E-state index in [1.165, 1.54) is 24.8 Å². The molecule has 1 spiro atoms. The number of hydrogen-bond acceptors (Lipinski definition) is 7. The van der Waals surface area contributed by atoms with Crippen LogP contribution in [-0.2, 0) is 0 Å². The number of nitrogens with zero attached hydrogens (tertiary/aromatic N) is 2. The lowest BCUT2D eigenvalue weighted by atomic mass is 9.93. The van der Waals surface area contributed by atoms with Crippen molar-refractivity contribution in [2.45, 2.75) is 49.3 Å². The highest BCUT2D eigenvalue weighted by Gasteiger charge is 2.44. The van der Waals surface area contributed by atoms with Crippen LogP contribution in [0.25, 0.3) is 0 Å². The molecular formula is C28H35F3N4O3S. The predicted octanol–water partition coefficient (Wildman–Crippen LogP) is 5.45. The van der Waals surface area contributed by atoms with Gasteiger partial charge in [0.25, 0.3) is 11.8 Å². The molecule has 2 saturated heterocycles. The molecule has 0 radical (unpaired) electrons. The predicted molar refractivity (Wildman–Crippen MR) is 148 cm³/mol. The van der Waals surface area contributed by atoms with Crippen molar-refractivity contribution in [2.24, 2.45) is 5.41 Å². The quantitative estimate of drug-likeness (QED) is 0.262. The van der Waals surface area contributed by atoms with Gasteiger partial charge in [0.1, 0.15) is 5.75 Å². The summed E-state index contributed by atoms with van der Waals surface area (Å²) in [7, 11) is 0. The maximum Gasteiger partial charge on any atom is 0.257 e. The lowest BCUT2D eigenvalue weighted by Gasteiger charge is -2.35. The lowest BCUT2D eigenvalue weighted by molar-refractivity contribution is -0.0221. The third-order valence-corrected chi connectivity index (χ3v) is 8.84. The first-order chi connectivity index (χ1) is 18.8. The van der Waals surface area contributed by atoms with Crippen molar-refractivity contribution in [3.63, 3.8) is 0 Å². The van der Waals surface area contributed by atoms with E-state index in [2.05, 4.69) is 14.9 Å². The zero-order valence-electron chi connectivity index (χ0n) is 21.9. The van der Waals surface area contributed by atoms with Crippen molar-refractivity contribution < 1.29 is 27.8 Å². The number of anilines is 3. The van der Waals surface area contributed by atoms with Gasteiger partial charge in [0.15, 0.2) is 0 Å². The minimum Gasteiger partial charge on any atom is -0.461 e. The molecule has 2 aliphatic heterocycles. The molecule has 0 atom stereocenters. The number of nitrogens with one attached hydrogen (secondary N) is 2. The summed E-state index contributed by atoms with van der Waals surface area (Å²) in [6, 6.07) is 10.5. The Bertz CT molecular complexity index is 1160. The van der Waals surface area contributed by atoms with E-state index in [0.29, 0.717) is 28.9 Å². The number of alkyl halides is 3. The fourth-order valence-electron chi connectivity index (χ4n) is 5.40. The number of ether oxygens (including phenoxy) is 1. The monoisotopic (exact) mass is 564 g/mol. The van der Waals surface area contributed by atoms with E-state index < -0.39 is 12.8 Å². The summed E-state index contributed by atoms with van der Waals surface area (Å²) in [6.45, 7) is 1.43. The van der Waals surface area contributed by atoms with E-state index in [1.54, 1.807) is 23.1 Å². The van der Waals surface area contributed by atoms with Crippen LogP contribution in [0.3, 0.4) is 0 Å². The first kappa shape index (κ1) is 27.9. The summed E-state index contributed by atoms with van der Waals surface area (Å²) >= 11 is 1.41. The average Bonchev–Trinajstić information content (AvgIpc) is 3.69. The second kappa shape index (κ2) is 11.9. The molecule has 0 aromatic heterocycles. The second-order valence-electron chi connectivity index (χ2n) is 10.6. The Morgan fingerprint density at radius 3 is 2.31 bits per heavy atom. The zero-order valence-corrected chi connectivity index (χ0v) is 22.7. The smallest absolute Gasteiger partial charge is 0.257 e. The van der Waals surface area contributed by atoms with Crippen LogP contribution < -0.4 is 24.6 Å². The van der Waals surface area contributed by atoms with Crippen molar-refractivity contribution >= 4 is 34.9 Å². The fourth-order valence-corrected chi connectivity index (χ4v) is 6.07. The first-order valence-electron chi connectivity index (χ1n) is 13.5. The van der Waals surface area contributed by atoms with Crippen molar-refractivity contribution in [3.8, 4) is 5.75 Å². The summed E-state index contributed by atoms with van der Waals surface area (Å²) < 4.78 is 48.7. The highest BCUT2D eigenvalue weighted by Crippen LogP contribution is 2.54. The number of halogens is 3. The molecule has 7 nitrogen and oxygen atoms in total. The number of benzene rings is 2. The summed E-state index contributed by atoms with van der Waals surface area (Å²) in [4.78, 5) is 18.5. The number of hydrogen-bond donors (Lipinski definition) is 3. The Balaban J connectivity index is 1.37. The Hall–Kier alpha value is -2.63. The molecule has 1 saturated carbocycles. The van der Waals surface area contributed by atoms with E-state index >= 15 is 0 Å². The van der Waals surface area contributed by atoms with Gasteiger partial charge in [-0.05, 0) is 79.4 Å². The average molecular weight is 565 g/mol. The van der Waals surface area contributed by atoms with Crippen LogP contribution in [0.15, 0.2) is 41.3 Å². The van der Waals surface area contributed by atoms with E-state index in [1.807, 2.05) is 18.2 Å². The van der Waals surface area contributed by atoms with Gasteiger partial charge in [-0.2, -0.15) is 0 Å². The first-order valence-corrected chi connectivity index (χ1v) is 14.3. The van der Waals surface area contributed by atoms with E-state index in [0.717, 1.165) is 36.5 Å². The molecule has 2 aromatic rings. The molecule has 1 amide bonds. The molecule has 11 heteroatoms. The molecule has 0 bridgehead atoms. The normalized spacial score (nSPS) is 19.7. The molecule has 1 aliphatic carbocycles. The Labute approximate surface area is 231 Å². The van der Waals surface area contributed by atoms with Gasteiger partial charge in [0.05, 0.1) is 23.5 Å². The zero-order chi connectivity index (χ0) is 27.5. The Kier molecular flexibility index (Phi) is 8.49. The standard InChI is InChI=1S/C28H35F3N4O3S/c29-19-38-25-4-1-20(17-24(25)35-14-9-28(30,31)10-15-35)33-26(37)22-3-2-21(39-32-11-16-36)18-23(22)34-12-7-27(5-6-27)8-13-34/h1-4,17-18,32,36H,5-16,19H2,(H,33,37). The lowest BCUT2D eigenvalue weighted by Crippen LogP contribution is -2.39. The van der Waals surface area contributed by atoms with Gasteiger partial charge in [0.2, 0.25) is 6.86 Å². The van der Waals surface area contributed by atoms with Crippen LogP contribution in [0.2, 0.25) is 0 Å². The molecule has 3 fully saturated rings. The van der Waals surface area contributed by atoms with Gasteiger partial charge in [-0.25, -0.2) is 13.2 Å². The number of aliphatic hydroxyl groups is 1. The van der Waals surface area contributed by atoms with Crippen LogP contribution in [0.1, 0.15) is 48.9 Å². The third-order valence-electron chi connectivity index (χ3n) is 8.00. The minimum absolute atomic E-state index is 0.0333. The van der Waals surface area contributed by atoms with Gasteiger partial charge in [0, 0.05) is 56.1 Å². The maximum atomic E-state index is 13.7. The topological polar surface area (TPSA) is 77.1 Å². The highest BCUT2D eigenvalue weighted by atomic mass is 32.2. The van der Waals surface area contributed by atoms with Crippen LogP contribution in [0, 0.1) is 5.41 Å². The highest BCUT2D eigenvalue weighted by molar-refractivity contribution is 7.97. The number of carbonyl (C=O) groups is 1. The molecule has 2 heterocycles. The SMILES string of the molecule is O=C(Nc1ccc(OCF)c(N2CCC(F)(F)CC2)c1)c1ccc(SNCCO)cc1N1CCC2(CC1)CC2. The molecular weight excluding hydrogens is 529 g/mol. The van der Waals surface area contributed by atoms with Crippen molar-refractivity contribution in [1.82, 2.24) is 4.72 Å². The van der Waals surface area contributed by atoms with Crippen LogP contribution in [0.5, 0.6) is 5.75 Å². The summed E-state index contributed by atoms with van der Waals surface area (Å²) in [6.07, 6.45) is 4.21. The Morgan fingerprint density at radius 2 is 1.64 bits per heavy atom. The van der Waals surface area contributed by atoms with E-state index in [4.69, 9.17) is 9.84 Å². The van der Waals surface area contributed by atoms with E-state index in [9.17, 15) is 18.0 Å². The Morgan fingerprint density at radius 1 is 0.949 bits per heavy atom. The molecule has 212 valence electrons. The maximum absolute atomic E-state index is 13.7. The minimum atomic E-state index is -2.72. The van der Waals surface area contributed by atoms with Gasteiger partial charge in [-0.15, -0.1) is 0 Å². The van der Waals surface area contributed by atoms with Gasteiger partial charge < -0.3 is 25.0 Å².